The van der Waals surface area contributed by atoms with Gasteiger partial charge in [0, 0.05) is 13.0 Å². The van der Waals surface area contributed by atoms with Gasteiger partial charge in [-0.1, -0.05) is 13.0 Å². The Hall–Kier alpha value is -0.630. The number of hydrogen-bond acceptors (Lipinski definition) is 2. The number of ether oxygens (including phenoxy) is 1. The Morgan fingerprint density at radius 3 is 2.36 bits per heavy atom. The molecule has 0 saturated carbocycles. The third-order valence-electron chi connectivity index (χ3n) is 1.85. The van der Waals surface area contributed by atoms with Gasteiger partial charge in [0.05, 0.1) is 6.10 Å². The minimum absolute atomic E-state index is 0.0579. The summed E-state index contributed by atoms with van der Waals surface area (Å²) in [4.78, 5) is 10.4. The van der Waals surface area contributed by atoms with Gasteiger partial charge in [-0.25, -0.2) is 0 Å². The number of hydrogen-bond donors (Lipinski definition) is 0. The van der Waals surface area contributed by atoms with Crippen LogP contribution < -0.4 is 0 Å². The number of aldehydes is 1. The minimum Gasteiger partial charge on any atom is -0.376 e. The highest BCUT2D eigenvalue weighted by Crippen LogP contribution is 2.13. The van der Waals surface area contributed by atoms with Gasteiger partial charge >= 0.3 is 0 Å². The topological polar surface area (TPSA) is 26.3 Å². The molecule has 0 heterocycles. The molecule has 0 aliphatic carbocycles. The van der Waals surface area contributed by atoms with Crippen LogP contribution in [0.1, 0.15) is 20.8 Å². The maximum absolute atomic E-state index is 10.4. The Bertz CT molecular complexity index is 150. The van der Waals surface area contributed by atoms with Crippen molar-refractivity contribution in [3.8, 4) is 0 Å². The zero-order valence-electron chi connectivity index (χ0n) is 7.63. The lowest BCUT2D eigenvalue weighted by Gasteiger charge is -2.18. The summed E-state index contributed by atoms with van der Waals surface area (Å²) < 4.78 is 5.16. The number of methoxy groups -OCH3 is 1. The monoisotopic (exact) mass is 156 g/mol. The summed E-state index contributed by atoms with van der Waals surface area (Å²) in [7, 11) is 1.62. The van der Waals surface area contributed by atoms with Crippen molar-refractivity contribution in [2.45, 2.75) is 26.9 Å². The van der Waals surface area contributed by atoms with E-state index in [0.29, 0.717) is 0 Å². The lowest BCUT2D eigenvalue weighted by molar-refractivity contribution is -0.113. The molecule has 0 aromatic heterocycles. The van der Waals surface area contributed by atoms with Gasteiger partial charge in [0.2, 0.25) is 0 Å². The van der Waals surface area contributed by atoms with E-state index < -0.39 is 0 Å². The number of carbonyl (C=O) groups excluding carboxylic acids is 1. The molecule has 0 aliphatic heterocycles. The minimum atomic E-state index is -0.0591. The molecule has 0 saturated heterocycles. The van der Waals surface area contributed by atoms with Crippen LogP contribution in [0.2, 0.25) is 0 Å². The fourth-order valence-electron chi connectivity index (χ4n) is 1.05. The molecule has 0 fully saturated rings. The smallest absolute Gasteiger partial charge is 0.125 e. The molecule has 2 nitrogen and oxygen atoms in total. The predicted molar refractivity (Wildman–Crippen MR) is 45.5 cm³/mol. The van der Waals surface area contributed by atoms with Crippen molar-refractivity contribution in [2.75, 3.05) is 7.11 Å². The number of carbonyl (C=O) groups is 1. The standard InChI is InChI=1S/C9H16O2/c1-5-7(2)9(11-4)8(3)6-10/h5-6,8-9H,1-4H3/b7-5+/t8-,9+/m1/s1. The van der Waals surface area contributed by atoms with Crippen LogP contribution in [0.5, 0.6) is 0 Å². The summed E-state index contributed by atoms with van der Waals surface area (Å²) in [6, 6.07) is 0. The first-order valence-corrected chi connectivity index (χ1v) is 3.78. The molecule has 0 amide bonds. The summed E-state index contributed by atoms with van der Waals surface area (Å²) in [5.41, 5.74) is 1.10. The number of rotatable bonds is 4. The van der Waals surface area contributed by atoms with E-state index in [1.807, 2.05) is 26.8 Å². The van der Waals surface area contributed by atoms with E-state index in [0.717, 1.165) is 11.9 Å². The van der Waals surface area contributed by atoms with Crippen molar-refractivity contribution in [3.05, 3.63) is 11.6 Å². The average molecular weight is 156 g/mol. The van der Waals surface area contributed by atoms with E-state index >= 15 is 0 Å². The van der Waals surface area contributed by atoms with Crippen LogP contribution >= 0.6 is 0 Å². The van der Waals surface area contributed by atoms with Crippen molar-refractivity contribution < 1.29 is 9.53 Å². The molecule has 0 aliphatic rings. The van der Waals surface area contributed by atoms with Crippen molar-refractivity contribution in [1.82, 2.24) is 0 Å². The second-order valence-electron chi connectivity index (χ2n) is 2.68. The summed E-state index contributed by atoms with van der Waals surface area (Å²) in [6.45, 7) is 5.77. The summed E-state index contributed by atoms with van der Waals surface area (Å²) in [5.74, 6) is -0.0591. The van der Waals surface area contributed by atoms with Gasteiger partial charge in [-0.3, -0.25) is 0 Å². The van der Waals surface area contributed by atoms with Gasteiger partial charge in [-0.05, 0) is 19.4 Å². The molecule has 64 valence electrons. The lowest BCUT2D eigenvalue weighted by Crippen LogP contribution is -2.22. The molecule has 0 bridgehead atoms. The van der Waals surface area contributed by atoms with Crippen LogP contribution in [0.15, 0.2) is 11.6 Å². The molecule has 2 atom stereocenters. The molecule has 0 N–H and O–H groups in total. The van der Waals surface area contributed by atoms with E-state index in [4.69, 9.17) is 4.74 Å². The normalized spacial score (nSPS) is 17.6. The first-order valence-electron chi connectivity index (χ1n) is 3.78. The van der Waals surface area contributed by atoms with E-state index in [1.165, 1.54) is 0 Å². The van der Waals surface area contributed by atoms with Gasteiger partial charge in [-0.2, -0.15) is 0 Å². The van der Waals surface area contributed by atoms with Crippen LogP contribution in [0, 0.1) is 5.92 Å². The Morgan fingerprint density at radius 2 is 2.09 bits per heavy atom. The highest BCUT2D eigenvalue weighted by Gasteiger charge is 2.16. The zero-order valence-corrected chi connectivity index (χ0v) is 7.63. The molecule has 11 heavy (non-hydrogen) atoms. The maximum atomic E-state index is 10.4. The third-order valence-corrected chi connectivity index (χ3v) is 1.85. The summed E-state index contributed by atoms with van der Waals surface area (Å²) >= 11 is 0. The quantitative estimate of drug-likeness (QED) is 0.458. The third kappa shape index (κ3) is 2.85. The second-order valence-corrected chi connectivity index (χ2v) is 2.68. The van der Waals surface area contributed by atoms with Crippen LogP contribution in [-0.4, -0.2) is 19.5 Å². The van der Waals surface area contributed by atoms with Crippen molar-refractivity contribution in [3.63, 3.8) is 0 Å². The molecular weight excluding hydrogens is 140 g/mol. The largest absolute Gasteiger partial charge is 0.376 e. The van der Waals surface area contributed by atoms with E-state index in [9.17, 15) is 4.79 Å². The molecule has 2 heteroatoms. The van der Waals surface area contributed by atoms with Crippen molar-refractivity contribution in [1.29, 1.82) is 0 Å². The first kappa shape index (κ1) is 10.4. The SMILES string of the molecule is C/C=C(\C)[C@H](OC)[C@H](C)C=O. The predicted octanol–water partition coefficient (Wildman–Crippen LogP) is 1.80. The van der Waals surface area contributed by atoms with E-state index in [-0.39, 0.29) is 12.0 Å². The van der Waals surface area contributed by atoms with Crippen molar-refractivity contribution in [2.24, 2.45) is 5.92 Å². The fraction of sp³-hybridized carbons (Fsp3) is 0.667. The molecule has 0 aromatic carbocycles. The van der Waals surface area contributed by atoms with Crippen LogP contribution in [0.25, 0.3) is 0 Å². The van der Waals surface area contributed by atoms with Crippen LogP contribution in [0.3, 0.4) is 0 Å². The van der Waals surface area contributed by atoms with Crippen molar-refractivity contribution >= 4 is 6.29 Å². The number of allylic oxidation sites excluding steroid dienone is 1. The Labute approximate surface area is 68.2 Å². The first-order chi connectivity index (χ1) is 5.17. The average Bonchev–Trinajstić information content (AvgIpc) is 2.05. The Morgan fingerprint density at radius 1 is 1.55 bits per heavy atom. The van der Waals surface area contributed by atoms with E-state index in [1.54, 1.807) is 7.11 Å². The van der Waals surface area contributed by atoms with Crippen LogP contribution in [-0.2, 0) is 9.53 Å². The molecule has 0 unspecified atom stereocenters. The van der Waals surface area contributed by atoms with Gasteiger partial charge < -0.3 is 9.53 Å². The van der Waals surface area contributed by atoms with Gasteiger partial charge in [0.25, 0.3) is 0 Å². The van der Waals surface area contributed by atoms with Gasteiger partial charge in [0.1, 0.15) is 6.29 Å². The van der Waals surface area contributed by atoms with Crippen LogP contribution in [0.4, 0.5) is 0 Å². The Kier molecular flexibility index (Phi) is 4.79. The van der Waals surface area contributed by atoms with E-state index in [2.05, 4.69) is 0 Å². The van der Waals surface area contributed by atoms with Gasteiger partial charge in [-0.15, -0.1) is 0 Å². The molecule has 0 radical (unpaired) electrons. The molecular formula is C9H16O2. The molecule has 0 aromatic rings. The van der Waals surface area contributed by atoms with Gasteiger partial charge in [0.15, 0.2) is 0 Å². The second kappa shape index (κ2) is 5.08. The Balaban J connectivity index is 4.27. The summed E-state index contributed by atoms with van der Waals surface area (Å²) in [6.07, 6.45) is 2.83. The lowest BCUT2D eigenvalue weighted by atomic mass is 10.00. The highest BCUT2D eigenvalue weighted by molar-refractivity contribution is 5.55. The molecule has 0 rings (SSSR count). The maximum Gasteiger partial charge on any atom is 0.125 e. The highest BCUT2D eigenvalue weighted by atomic mass is 16.5. The molecule has 0 spiro atoms. The zero-order chi connectivity index (χ0) is 8.85. The fourth-order valence-corrected chi connectivity index (χ4v) is 1.05. The summed E-state index contributed by atoms with van der Waals surface area (Å²) in [5, 5.41) is 0.